The van der Waals surface area contributed by atoms with E-state index in [1.165, 1.54) is 29.4 Å². The first-order valence-corrected chi connectivity index (χ1v) is 10.9. The molecule has 0 aliphatic carbocycles. The number of carbonyl (C=O) groups is 2. The van der Waals surface area contributed by atoms with Crippen LogP contribution in [0.1, 0.15) is 17.3 Å². The van der Waals surface area contributed by atoms with E-state index in [1.54, 1.807) is 29.2 Å². The molecule has 0 saturated heterocycles. The number of hydrogen-bond acceptors (Lipinski definition) is 8. The minimum Gasteiger partial charge on any atom is -0.462 e. The van der Waals surface area contributed by atoms with Gasteiger partial charge in [-0.15, -0.1) is 11.3 Å². The zero-order valence-corrected chi connectivity index (χ0v) is 17.6. The van der Waals surface area contributed by atoms with Gasteiger partial charge in [0.05, 0.1) is 35.2 Å². The number of rotatable bonds is 7. The lowest BCUT2D eigenvalue weighted by Crippen LogP contribution is -2.16. The first-order chi connectivity index (χ1) is 14.7. The number of benzene rings is 1. The van der Waals surface area contributed by atoms with E-state index in [0.29, 0.717) is 21.2 Å². The average Bonchev–Trinajstić information content (AvgIpc) is 3.40. The molecule has 0 spiro atoms. The topological polar surface area (TPSA) is 99.0 Å². The summed E-state index contributed by atoms with van der Waals surface area (Å²) in [4.78, 5) is 33.0. The van der Waals surface area contributed by atoms with E-state index in [0.717, 1.165) is 11.1 Å². The van der Waals surface area contributed by atoms with Crippen LogP contribution in [0.25, 0.3) is 16.7 Å². The Morgan fingerprint density at radius 2 is 2.03 bits per heavy atom. The number of aromatic nitrogens is 4. The number of amides is 1. The molecule has 1 amide bonds. The number of thioether (sulfide) groups is 1. The number of esters is 1. The minimum absolute atomic E-state index is 0.128. The quantitative estimate of drug-likeness (QED) is 0.266. The number of hydrogen-bond donors (Lipinski definition) is 1. The van der Waals surface area contributed by atoms with E-state index in [-0.39, 0.29) is 18.3 Å². The van der Waals surface area contributed by atoms with Crippen molar-refractivity contribution in [2.24, 2.45) is 0 Å². The summed E-state index contributed by atoms with van der Waals surface area (Å²) < 4.78 is 6.74. The number of fused-ring (bicyclic) bond motifs is 1. The molecule has 0 saturated carbocycles. The molecule has 10 heteroatoms. The van der Waals surface area contributed by atoms with E-state index in [9.17, 15) is 9.59 Å². The highest BCUT2D eigenvalue weighted by Crippen LogP contribution is 2.27. The molecule has 4 aromatic rings. The number of para-hydroxylation sites is 1. The van der Waals surface area contributed by atoms with Crippen molar-refractivity contribution in [2.45, 2.75) is 11.9 Å². The van der Waals surface area contributed by atoms with Crippen molar-refractivity contribution in [3.8, 4) is 5.69 Å². The molecule has 0 radical (unpaired) electrons. The number of ether oxygens (including phenoxy) is 1. The molecule has 0 unspecified atom stereocenters. The summed E-state index contributed by atoms with van der Waals surface area (Å²) in [6, 6.07) is 11.3. The standard InChI is InChI=1S/C20H17N5O3S2/c1-2-28-20(27)14-8-9-29-19(14)24-16(26)11-30-18-15-10-23-25(17(15)21-12-22-18)13-6-4-3-5-7-13/h3-10,12H,2,11H2,1H3,(H,24,26). The summed E-state index contributed by atoms with van der Waals surface area (Å²) in [5.41, 5.74) is 1.92. The Labute approximate surface area is 180 Å². The molecule has 3 aromatic heterocycles. The van der Waals surface area contributed by atoms with Crippen LogP contribution in [0.15, 0.2) is 59.3 Å². The van der Waals surface area contributed by atoms with Crippen LogP contribution in [0.3, 0.4) is 0 Å². The third-order valence-electron chi connectivity index (χ3n) is 4.08. The molecule has 152 valence electrons. The molecule has 3 heterocycles. The Morgan fingerprint density at radius 1 is 1.20 bits per heavy atom. The molecule has 0 aliphatic heterocycles. The molecule has 30 heavy (non-hydrogen) atoms. The molecule has 0 atom stereocenters. The Kier molecular flexibility index (Phi) is 6.05. The number of carbonyl (C=O) groups excluding carboxylic acids is 2. The Bertz CT molecular complexity index is 1190. The fourth-order valence-electron chi connectivity index (χ4n) is 2.77. The predicted molar refractivity (Wildman–Crippen MR) is 116 cm³/mol. The van der Waals surface area contributed by atoms with Crippen LogP contribution in [0.5, 0.6) is 0 Å². The van der Waals surface area contributed by atoms with Gasteiger partial charge in [-0.05, 0) is 30.5 Å². The molecule has 0 fully saturated rings. The molecular weight excluding hydrogens is 422 g/mol. The Balaban J connectivity index is 1.47. The SMILES string of the molecule is CCOC(=O)c1ccsc1NC(=O)CSc1ncnc2c1cnn2-c1ccccc1. The first kappa shape index (κ1) is 20.0. The average molecular weight is 440 g/mol. The van der Waals surface area contributed by atoms with Gasteiger partial charge in [0.15, 0.2) is 5.65 Å². The van der Waals surface area contributed by atoms with E-state index in [4.69, 9.17) is 4.74 Å². The van der Waals surface area contributed by atoms with Gasteiger partial charge in [0.25, 0.3) is 0 Å². The molecule has 0 bridgehead atoms. The summed E-state index contributed by atoms with van der Waals surface area (Å²) >= 11 is 2.56. The highest BCUT2D eigenvalue weighted by molar-refractivity contribution is 8.00. The van der Waals surface area contributed by atoms with Gasteiger partial charge < -0.3 is 10.1 Å². The zero-order valence-electron chi connectivity index (χ0n) is 15.9. The third kappa shape index (κ3) is 4.19. The molecule has 1 aromatic carbocycles. The van der Waals surface area contributed by atoms with Crippen LogP contribution in [0.2, 0.25) is 0 Å². The third-order valence-corrected chi connectivity index (χ3v) is 5.92. The smallest absolute Gasteiger partial charge is 0.341 e. The molecule has 0 aliphatic rings. The van der Waals surface area contributed by atoms with Crippen LogP contribution in [0, 0.1) is 0 Å². The van der Waals surface area contributed by atoms with Crippen LogP contribution < -0.4 is 5.32 Å². The van der Waals surface area contributed by atoms with Gasteiger partial charge in [0.1, 0.15) is 16.4 Å². The lowest BCUT2D eigenvalue weighted by Gasteiger charge is -2.06. The van der Waals surface area contributed by atoms with Crippen molar-refractivity contribution in [3.63, 3.8) is 0 Å². The van der Waals surface area contributed by atoms with Crippen molar-refractivity contribution >= 4 is 51.0 Å². The summed E-state index contributed by atoms with van der Waals surface area (Å²) in [7, 11) is 0. The maximum atomic E-state index is 12.4. The van der Waals surface area contributed by atoms with Gasteiger partial charge in [0, 0.05) is 0 Å². The maximum Gasteiger partial charge on any atom is 0.341 e. The summed E-state index contributed by atoms with van der Waals surface area (Å²) in [5, 5.41) is 10.8. The van der Waals surface area contributed by atoms with Gasteiger partial charge in [-0.25, -0.2) is 19.4 Å². The number of anilines is 1. The summed E-state index contributed by atoms with van der Waals surface area (Å²) in [5.74, 6) is -0.564. The second-order valence-electron chi connectivity index (χ2n) is 6.03. The summed E-state index contributed by atoms with van der Waals surface area (Å²) in [6.07, 6.45) is 3.16. The number of nitrogens with zero attached hydrogens (tertiary/aromatic N) is 4. The van der Waals surface area contributed by atoms with E-state index in [1.807, 2.05) is 30.3 Å². The molecule has 1 N–H and O–H groups in total. The monoisotopic (exact) mass is 439 g/mol. The van der Waals surface area contributed by atoms with Crippen molar-refractivity contribution in [2.75, 3.05) is 17.7 Å². The van der Waals surface area contributed by atoms with E-state index >= 15 is 0 Å². The van der Waals surface area contributed by atoms with Crippen molar-refractivity contribution in [1.29, 1.82) is 0 Å². The van der Waals surface area contributed by atoms with Gasteiger partial charge in [-0.1, -0.05) is 30.0 Å². The molecule has 8 nitrogen and oxygen atoms in total. The van der Waals surface area contributed by atoms with Crippen molar-refractivity contribution in [1.82, 2.24) is 19.7 Å². The number of thiophene rings is 1. The normalized spacial score (nSPS) is 10.8. The second kappa shape index (κ2) is 9.06. The van der Waals surface area contributed by atoms with E-state index in [2.05, 4.69) is 20.4 Å². The fraction of sp³-hybridized carbons (Fsp3) is 0.150. The highest BCUT2D eigenvalue weighted by atomic mass is 32.2. The van der Waals surface area contributed by atoms with Gasteiger partial charge in [0.2, 0.25) is 5.91 Å². The van der Waals surface area contributed by atoms with Gasteiger partial charge in [-0.3, -0.25) is 4.79 Å². The maximum absolute atomic E-state index is 12.4. The van der Waals surface area contributed by atoms with Crippen LogP contribution in [-0.2, 0) is 9.53 Å². The summed E-state index contributed by atoms with van der Waals surface area (Å²) in [6.45, 7) is 2.01. The Morgan fingerprint density at radius 3 is 2.83 bits per heavy atom. The zero-order chi connectivity index (χ0) is 20.9. The second-order valence-corrected chi connectivity index (χ2v) is 7.91. The van der Waals surface area contributed by atoms with Crippen molar-refractivity contribution in [3.05, 3.63) is 59.9 Å². The fourth-order valence-corrected chi connectivity index (χ4v) is 4.32. The lowest BCUT2D eigenvalue weighted by atomic mass is 10.3. The van der Waals surface area contributed by atoms with E-state index < -0.39 is 5.97 Å². The molecular formula is C20H17N5O3S2. The molecule has 4 rings (SSSR count). The van der Waals surface area contributed by atoms with Gasteiger partial charge >= 0.3 is 5.97 Å². The van der Waals surface area contributed by atoms with Crippen LogP contribution in [-0.4, -0.2) is 44.0 Å². The predicted octanol–water partition coefficient (Wildman–Crippen LogP) is 3.78. The van der Waals surface area contributed by atoms with Crippen LogP contribution in [0.4, 0.5) is 5.00 Å². The highest BCUT2D eigenvalue weighted by Gasteiger charge is 2.17. The first-order valence-electron chi connectivity index (χ1n) is 9.08. The number of nitrogens with one attached hydrogen (secondary N) is 1. The van der Waals surface area contributed by atoms with Crippen LogP contribution >= 0.6 is 23.1 Å². The minimum atomic E-state index is -0.451. The Hall–Kier alpha value is -3.24. The lowest BCUT2D eigenvalue weighted by molar-refractivity contribution is -0.113. The van der Waals surface area contributed by atoms with Crippen molar-refractivity contribution < 1.29 is 14.3 Å². The largest absolute Gasteiger partial charge is 0.462 e. The van der Waals surface area contributed by atoms with Gasteiger partial charge in [-0.2, -0.15) is 5.10 Å².